The predicted molar refractivity (Wildman–Crippen MR) is 94.5 cm³/mol. The first kappa shape index (κ1) is 15.0. The Balaban J connectivity index is 1.47. The molecule has 0 amide bonds. The summed E-state index contributed by atoms with van der Waals surface area (Å²) in [4.78, 5) is 5.89. The van der Waals surface area contributed by atoms with Crippen LogP contribution in [-0.4, -0.2) is 24.8 Å². The lowest BCUT2D eigenvalue weighted by Gasteiger charge is -2.09. The fourth-order valence-corrected chi connectivity index (χ4v) is 3.87. The van der Waals surface area contributed by atoms with Crippen molar-refractivity contribution < 1.29 is 0 Å². The summed E-state index contributed by atoms with van der Waals surface area (Å²) in [5.74, 6) is 2.13. The van der Waals surface area contributed by atoms with Gasteiger partial charge in [0.1, 0.15) is 0 Å². The lowest BCUT2D eigenvalue weighted by molar-refractivity contribution is 0.773. The minimum absolute atomic E-state index is 0.482. The van der Waals surface area contributed by atoms with Gasteiger partial charge in [0.2, 0.25) is 0 Å². The van der Waals surface area contributed by atoms with Crippen molar-refractivity contribution >= 4 is 17.7 Å². The first-order valence-electron chi connectivity index (χ1n) is 7.62. The van der Waals surface area contributed by atoms with Crippen molar-refractivity contribution in [2.45, 2.75) is 17.2 Å². The molecule has 3 rings (SSSR count). The summed E-state index contributed by atoms with van der Waals surface area (Å²) in [6.45, 7) is 1.57. The molecule has 1 aliphatic heterocycles. The Morgan fingerprint density at radius 1 is 1.14 bits per heavy atom. The Morgan fingerprint density at radius 3 is 2.77 bits per heavy atom. The Morgan fingerprint density at radius 2 is 1.91 bits per heavy atom. The van der Waals surface area contributed by atoms with Gasteiger partial charge in [-0.05, 0) is 23.6 Å². The molecule has 114 valence electrons. The highest BCUT2D eigenvalue weighted by atomic mass is 32.2. The number of benzene rings is 2. The molecule has 0 radical (unpaired) electrons. The van der Waals surface area contributed by atoms with E-state index in [1.807, 2.05) is 17.8 Å². The molecule has 0 fully saturated rings. The molecule has 0 aromatic heterocycles. The van der Waals surface area contributed by atoms with Crippen LogP contribution in [0, 0.1) is 0 Å². The Hall–Kier alpha value is -1.94. The number of hydrogen-bond acceptors (Lipinski definition) is 2. The molecule has 2 aromatic carbocycles. The van der Waals surface area contributed by atoms with Gasteiger partial charge in [-0.25, -0.2) is 0 Å². The number of rotatable bonds is 5. The van der Waals surface area contributed by atoms with Crippen LogP contribution in [0.15, 0.2) is 64.5 Å². The van der Waals surface area contributed by atoms with E-state index in [1.54, 1.807) is 0 Å². The van der Waals surface area contributed by atoms with Gasteiger partial charge in [0.15, 0.2) is 5.96 Å². The summed E-state index contributed by atoms with van der Waals surface area (Å²) < 4.78 is 0. The number of guanidine groups is 1. The van der Waals surface area contributed by atoms with Gasteiger partial charge in [0, 0.05) is 23.1 Å². The summed E-state index contributed by atoms with van der Waals surface area (Å²) in [6.07, 6.45) is 0.958. The van der Waals surface area contributed by atoms with E-state index in [4.69, 9.17) is 5.73 Å². The Labute approximate surface area is 136 Å². The van der Waals surface area contributed by atoms with Crippen LogP contribution in [0.4, 0.5) is 0 Å². The third-order valence-corrected chi connectivity index (χ3v) is 5.10. The van der Waals surface area contributed by atoms with Crippen molar-refractivity contribution in [3.8, 4) is 0 Å². The maximum atomic E-state index is 5.97. The largest absolute Gasteiger partial charge is 0.370 e. The van der Waals surface area contributed by atoms with E-state index in [0.717, 1.165) is 25.3 Å². The van der Waals surface area contributed by atoms with E-state index in [2.05, 4.69) is 58.8 Å². The Kier molecular flexibility index (Phi) is 5.01. The van der Waals surface area contributed by atoms with Crippen LogP contribution < -0.4 is 11.1 Å². The zero-order chi connectivity index (χ0) is 15.2. The molecule has 2 aromatic rings. The van der Waals surface area contributed by atoms with Crippen molar-refractivity contribution in [3.63, 3.8) is 0 Å². The van der Waals surface area contributed by atoms with Crippen LogP contribution in [0.5, 0.6) is 0 Å². The molecule has 0 aliphatic carbocycles. The van der Waals surface area contributed by atoms with Crippen LogP contribution in [0.3, 0.4) is 0 Å². The third-order valence-electron chi connectivity index (χ3n) is 3.84. The Bertz CT molecular complexity index is 640. The molecule has 1 aliphatic rings. The second-order valence-corrected chi connectivity index (χ2v) is 6.50. The smallest absolute Gasteiger partial charge is 0.188 e. The maximum absolute atomic E-state index is 5.97. The number of hydrogen-bond donors (Lipinski definition) is 2. The average Bonchev–Trinajstić information content (AvgIpc) is 2.97. The van der Waals surface area contributed by atoms with Gasteiger partial charge in [0.05, 0.1) is 6.54 Å². The summed E-state index contributed by atoms with van der Waals surface area (Å²) >= 11 is 1.91. The van der Waals surface area contributed by atoms with Crippen LogP contribution >= 0.6 is 11.8 Å². The van der Waals surface area contributed by atoms with Gasteiger partial charge in [-0.15, -0.1) is 11.8 Å². The van der Waals surface area contributed by atoms with Gasteiger partial charge < -0.3 is 11.1 Å². The van der Waals surface area contributed by atoms with E-state index in [1.165, 1.54) is 16.0 Å². The SMILES string of the molecule is NC(=NCC1CSc2ccccc21)NCCc1ccccc1. The van der Waals surface area contributed by atoms with Crippen molar-refractivity contribution in [2.75, 3.05) is 18.8 Å². The standard InChI is InChI=1S/C18H21N3S/c19-18(20-11-10-14-6-2-1-3-7-14)21-12-15-13-22-17-9-5-4-8-16(15)17/h1-9,15H,10-13H2,(H3,19,20,21). The van der Waals surface area contributed by atoms with Crippen molar-refractivity contribution in [3.05, 3.63) is 65.7 Å². The van der Waals surface area contributed by atoms with E-state index >= 15 is 0 Å². The van der Waals surface area contributed by atoms with Gasteiger partial charge >= 0.3 is 0 Å². The quantitative estimate of drug-likeness (QED) is 0.659. The molecular formula is C18H21N3S. The molecule has 3 nitrogen and oxygen atoms in total. The van der Waals surface area contributed by atoms with Crippen molar-refractivity contribution in [1.82, 2.24) is 5.32 Å². The highest BCUT2D eigenvalue weighted by Gasteiger charge is 2.22. The highest BCUT2D eigenvalue weighted by molar-refractivity contribution is 7.99. The molecule has 4 heteroatoms. The molecule has 1 heterocycles. The first-order valence-corrected chi connectivity index (χ1v) is 8.61. The van der Waals surface area contributed by atoms with Crippen LogP contribution in [-0.2, 0) is 6.42 Å². The predicted octanol–water partition coefficient (Wildman–Crippen LogP) is 3.02. The summed E-state index contributed by atoms with van der Waals surface area (Å²) in [6, 6.07) is 19.0. The van der Waals surface area contributed by atoms with Gasteiger partial charge in [-0.2, -0.15) is 0 Å². The van der Waals surface area contributed by atoms with Crippen LogP contribution in [0.2, 0.25) is 0 Å². The zero-order valence-electron chi connectivity index (χ0n) is 12.5. The molecule has 0 saturated heterocycles. The fraction of sp³-hybridized carbons (Fsp3) is 0.278. The first-order chi connectivity index (χ1) is 10.8. The molecule has 0 bridgehead atoms. The summed E-state index contributed by atoms with van der Waals surface area (Å²) in [5.41, 5.74) is 8.69. The maximum Gasteiger partial charge on any atom is 0.188 e. The molecule has 0 saturated carbocycles. The number of aliphatic imine (C=N–C) groups is 1. The number of nitrogens with one attached hydrogen (secondary N) is 1. The second kappa shape index (κ2) is 7.36. The fourth-order valence-electron chi connectivity index (χ4n) is 2.62. The van der Waals surface area contributed by atoms with Crippen molar-refractivity contribution in [2.24, 2.45) is 10.7 Å². The summed E-state index contributed by atoms with van der Waals surface area (Å²) in [5, 5.41) is 3.20. The highest BCUT2D eigenvalue weighted by Crippen LogP contribution is 2.39. The minimum Gasteiger partial charge on any atom is -0.370 e. The normalized spacial score (nSPS) is 17.3. The van der Waals surface area contributed by atoms with Crippen LogP contribution in [0.25, 0.3) is 0 Å². The molecular weight excluding hydrogens is 290 g/mol. The van der Waals surface area contributed by atoms with E-state index in [9.17, 15) is 0 Å². The molecule has 1 atom stereocenters. The van der Waals surface area contributed by atoms with Gasteiger partial charge in [-0.3, -0.25) is 4.99 Å². The lowest BCUT2D eigenvalue weighted by atomic mass is 10.0. The molecule has 22 heavy (non-hydrogen) atoms. The van der Waals surface area contributed by atoms with Gasteiger partial charge in [-0.1, -0.05) is 48.5 Å². The summed E-state index contributed by atoms with van der Waals surface area (Å²) in [7, 11) is 0. The lowest BCUT2D eigenvalue weighted by Crippen LogP contribution is -2.33. The van der Waals surface area contributed by atoms with Crippen molar-refractivity contribution in [1.29, 1.82) is 0 Å². The topological polar surface area (TPSA) is 50.4 Å². The third kappa shape index (κ3) is 3.83. The van der Waals surface area contributed by atoms with Crippen LogP contribution in [0.1, 0.15) is 17.0 Å². The minimum atomic E-state index is 0.482. The number of thioether (sulfide) groups is 1. The number of nitrogens with zero attached hydrogens (tertiary/aromatic N) is 1. The molecule has 3 N–H and O–H groups in total. The zero-order valence-corrected chi connectivity index (χ0v) is 13.4. The molecule has 0 spiro atoms. The van der Waals surface area contributed by atoms with E-state index in [0.29, 0.717) is 11.9 Å². The molecule has 1 unspecified atom stereocenters. The number of nitrogens with two attached hydrogens (primary N) is 1. The monoisotopic (exact) mass is 311 g/mol. The van der Waals surface area contributed by atoms with E-state index in [-0.39, 0.29) is 0 Å². The second-order valence-electron chi connectivity index (χ2n) is 5.43. The van der Waals surface area contributed by atoms with Gasteiger partial charge in [0.25, 0.3) is 0 Å². The average molecular weight is 311 g/mol. The number of fused-ring (bicyclic) bond motifs is 1. The van der Waals surface area contributed by atoms with E-state index < -0.39 is 0 Å².